The van der Waals surface area contributed by atoms with Crippen LogP contribution in [0.15, 0.2) is 0 Å². The molecule has 0 aliphatic carbocycles. The predicted octanol–water partition coefficient (Wildman–Crippen LogP) is 1.23. The van der Waals surface area contributed by atoms with E-state index in [0.29, 0.717) is 6.54 Å². The SMILES string of the molecule is Cc1nc(CN)n2c1CC(C)CC2. The van der Waals surface area contributed by atoms with Crippen molar-refractivity contribution in [2.24, 2.45) is 11.7 Å². The van der Waals surface area contributed by atoms with Gasteiger partial charge in [0.05, 0.1) is 12.2 Å². The molecule has 3 heteroatoms. The van der Waals surface area contributed by atoms with E-state index in [9.17, 15) is 0 Å². The average molecular weight is 179 g/mol. The molecule has 0 radical (unpaired) electrons. The number of hydrogen-bond donors (Lipinski definition) is 1. The molecule has 13 heavy (non-hydrogen) atoms. The molecular formula is C10H17N3. The van der Waals surface area contributed by atoms with Gasteiger partial charge in [-0.25, -0.2) is 4.98 Å². The summed E-state index contributed by atoms with van der Waals surface area (Å²) < 4.78 is 2.30. The number of imidazole rings is 1. The van der Waals surface area contributed by atoms with Crippen molar-refractivity contribution in [2.45, 2.75) is 39.8 Å². The number of fused-ring (bicyclic) bond motifs is 1. The van der Waals surface area contributed by atoms with E-state index >= 15 is 0 Å². The number of aryl methyl sites for hydroxylation is 1. The van der Waals surface area contributed by atoms with E-state index in [2.05, 4.69) is 23.4 Å². The Morgan fingerprint density at radius 1 is 1.62 bits per heavy atom. The molecular weight excluding hydrogens is 162 g/mol. The van der Waals surface area contributed by atoms with Crippen molar-refractivity contribution < 1.29 is 0 Å². The first-order chi connectivity index (χ1) is 6.22. The number of nitrogens with two attached hydrogens (primary N) is 1. The van der Waals surface area contributed by atoms with Gasteiger partial charge in [-0.05, 0) is 25.7 Å². The fourth-order valence-corrected chi connectivity index (χ4v) is 2.13. The Bertz CT molecular complexity index is 314. The van der Waals surface area contributed by atoms with E-state index < -0.39 is 0 Å². The maximum Gasteiger partial charge on any atom is 0.122 e. The van der Waals surface area contributed by atoms with E-state index in [-0.39, 0.29) is 0 Å². The lowest BCUT2D eigenvalue weighted by Crippen LogP contribution is -2.20. The maximum atomic E-state index is 5.64. The lowest BCUT2D eigenvalue weighted by atomic mass is 9.97. The predicted molar refractivity (Wildman–Crippen MR) is 52.3 cm³/mol. The van der Waals surface area contributed by atoms with Gasteiger partial charge in [-0.2, -0.15) is 0 Å². The van der Waals surface area contributed by atoms with Crippen LogP contribution >= 0.6 is 0 Å². The third kappa shape index (κ3) is 1.37. The van der Waals surface area contributed by atoms with Crippen LogP contribution < -0.4 is 5.73 Å². The Hall–Kier alpha value is -0.830. The van der Waals surface area contributed by atoms with Crippen LogP contribution in [0.2, 0.25) is 0 Å². The molecule has 2 heterocycles. The summed E-state index contributed by atoms with van der Waals surface area (Å²) in [5.74, 6) is 1.85. The highest BCUT2D eigenvalue weighted by atomic mass is 15.1. The van der Waals surface area contributed by atoms with Crippen molar-refractivity contribution in [1.82, 2.24) is 9.55 Å². The number of nitrogens with zero attached hydrogens (tertiary/aromatic N) is 2. The zero-order chi connectivity index (χ0) is 9.42. The van der Waals surface area contributed by atoms with Gasteiger partial charge < -0.3 is 10.3 Å². The van der Waals surface area contributed by atoms with Crippen LogP contribution in [0.4, 0.5) is 0 Å². The van der Waals surface area contributed by atoms with Crippen molar-refractivity contribution in [3.05, 3.63) is 17.2 Å². The molecule has 1 aliphatic heterocycles. The largest absolute Gasteiger partial charge is 0.331 e. The molecule has 0 bridgehead atoms. The Balaban J connectivity index is 2.42. The van der Waals surface area contributed by atoms with Gasteiger partial charge in [-0.3, -0.25) is 0 Å². The quantitative estimate of drug-likeness (QED) is 0.704. The van der Waals surface area contributed by atoms with Crippen LogP contribution in [0.25, 0.3) is 0 Å². The zero-order valence-electron chi connectivity index (χ0n) is 8.38. The number of aromatic nitrogens is 2. The Kier molecular flexibility index (Phi) is 2.12. The van der Waals surface area contributed by atoms with E-state index in [4.69, 9.17) is 5.73 Å². The summed E-state index contributed by atoms with van der Waals surface area (Å²) in [6.45, 7) is 6.06. The summed E-state index contributed by atoms with van der Waals surface area (Å²) in [5, 5.41) is 0. The second kappa shape index (κ2) is 3.14. The van der Waals surface area contributed by atoms with Gasteiger partial charge in [0, 0.05) is 12.2 Å². The van der Waals surface area contributed by atoms with Gasteiger partial charge in [-0.15, -0.1) is 0 Å². The summed E-state index contributed by atoms with van der Waals surface area (Å²) in [5.41, 5.74) is 8.21. The van der Waals surface area contributed by atoms with Crippen molar-refractivity contribution in [1.29, 1.82) is 0 Å². The lowest BCUT2D eigenvalue weighted by Gasteiger charge is -2.22. The molecule has 0 fully saturated rings. The fourth-order valence-electron chi connectivity index (χ4n) is 2.13. The number of hydrogen-bond acceptors (Lipinski definition) is 2. The summed E-state index contributed by atoms with van der Waals surface area (Å²) >= 11 is 0. The lowest BCUT2D eigenvalue weighted by molar-refractivity contribution is 0.408. The van der Waals surface area contributed by atoms with E-state index in [1.165, 1.54) is 24.2 Å². The highest BCUT2D eigenvalue weighted by Crippen LogP contribution is 2.23. The van der Waals surface area contributed by atoms with Crippen molar-refractivity contribution in [3.8, 4) is 0 Å². The molecule has 1 atom stereocenters. The van der Waals surface area contributed by atoms with Crippen LogP contribution in [-0.4, -0.2) is 9.55 Å². The topological polar surface area (TPSA) is 43.8 Å². The smallest absolute Gasteiger partial charge is 0.122 e. The van der Waals surface area contributed by atoms with E-state index in [1.54, 1.807) is 0 Å². The molecule has 3 nitrogen and oxygen atoms in total. The minimum Gasteiger partial charge on any atom is -0.331 e. The molecule has 0 amide bonds. The zero-order valence-corrected chi connectivity index (χ0v) is 8.38. The first-order valence-electron chi connectivity index (χ1n) is 4.97. The normalized spacial score (nSPS) is 21.6. The molecule has 1 aromatic heterocycles. The third-order valence-corrected chi connectivity index (χ3v) is 2.92. The Morgan fingerprint density at radius 3 is 3.08 bits per heavy atom. The molecule has 1 unspecified atom stereocenters. The van der Waals surface area contributed by atoms with Gasteiger partial charge in [-0.1, -0.05) is 6.92 Å². The highest BCUT2D eigenvalue weighted by molar-refractivity contribution is 5.18. The molecule has 2 rings (SSSR count). The third-order valence-electron chi connectivity index (χ3n) is 2.92. The standard InChI is InChI=1S/C10H17N3/c1-7-3-4-13-9(5-7)8(2)12-10(13)6-11/h7H,3-6,11H2,1-2H3. The fraction of sp³-hybridized carbons (Fsp3) is 0.700. The minimum atomic E-state index is 0.565. The average Bonchev–Trinajstić information content (AvgIpc) is 2.43. The Morgan fingerprint density at radius 2 is 2.38 bits per heavy atom. The van der Waals surface area contributed by atoms with Crippen molar-refractivity contribution in [3.63, 3.8) is 0 Å². The molecule has 1 aromatic rings. The van der Waals surface area contributed by atoms with Crippen LogP contribution in [0, 0.1) is 12.8 Å². The molecule has 0 saturated carbocycles. The molecule has 1 aliphatic rings. The van der Waals surface area contributed by atoms with Gasteiger partial charge in [0.15, 0.2) is 0 Å². The summed E-state index contributed by atoms with van der Waals surface area (Å²) in [6.07, 6.45) is 2.43. The van der Waals surface area contributed by atoms with Gasteiger partial charge in [0.1, 0.15) is 5.82 Å². The van der Waals surface area contributed by atoms with Crippen LogP contribution in [0.5, 0.6) is 0 Å². The number of rotatable bonds is 1. The van der Waals surface area contributed by atoms with E-state index in [0.717, 1.165) is 18.3 Å². The molecule has 72 valence electrons. The minimum absolute atomic E-state index is 0.565. The van der Waals surface area contributed by atoms with Crippen molar-refractivity contribution in [2.75, 3.05) is 0 Å². The summed E-state index contributed by atoms with van der Waals surface area (Å²) in [7, 11) is 0. The van der Waals surface area contributed by atoms with Gasteiger partial charge >= 0.3 is 0 Å². The second-order valence-corrected chi connectivity index (χ2v) is 4.01. The van der Waals surface area contributed by atoms with Crippen molar-refractivity contribution >= 4 is 0 Å². The molecule has 2 N–H and O–H groups in total. The maximum absolute atomic E-state index is 5.64. The first-order valence-corrected chi connectivity index (χ1v) is 4.97. The van der Waals surface area contributed by atoms with E-state index in [1.807, 2.05) is 0 Å². The van der Waals surface area contributed by atoms with Crippen LogP contribution in [0.1, 0.15) is 30.6 Å². The Labute approximate surface area is 79.0 Å². The first kappa shape index (κ1) is 8.75. The molecule has 0 saturated heterocycles. The highest BCUT2D eigenvalue weighted by Gasteiger charge is 2.20. The van der Waals surface area contributed by atoms with Crippen LogP contribution in [-0.2, 0) is 19.5 Å². The molecule has 0 aromatic carbocycles. The summed E-state index contributed by atoms with van der Waals surface area (Å²) in [4.78, 5) is 4.48. The van der Waals surface area contributed by atoms with Gasteiger partial charge in [0.25, 0.3) is 0 Å². The summed E-state index contributed by atoms with van der Waals surface area (Å²) in [6, 6.07) is 0. The van der Waals surface area contributed by atoms with Crippen LogP contribution in [0.3, 0.4) is 0 Å². The monoisotopic (exact) mass is 179 g/mol. The molecule has 0 spiro atoms. The van der Waals surface area contributed by atoms with Gasteiger partial charge in [0.2, 0.25) is 0 Å². The second-order valence-electron chi connectivity index (χ2n) is 4.01.